The fourth-order valence-corrected chi connectivity index (χ4v) is 1.63. The van der Waals surface area contributed by atoms with Crippen molar-refractivity contribution in [2.45, 2.75) is 40.2 Å². The van der Waals surface area contributed by atoms with Crippen LogP contribution in [0.3, 0.4) is 0 Å². The van der Waals surface area contributed by atoms with E-state index in [2.05, 4.69) is 58.6 Å². The van der Waals surface area contributed by atoms with Crippen LogP contribution in [0.1, 0.15) is 34.1 Å². The first-order valence-corrected chi connectivity index (χ1v) is 6.15. The predicted molar refractivity (Wildman–Crippen MR) is 77.1 cm³/mol. The molecule has 0 saturated heterocycles. The van der Waals surface area contributed by atoms with Crippen LogP contribution in [0.25, 0.3) is 0 Å². The van der Waals surface area contributed by atoms with E-state index in [1.54, 1.807) is 7.11 Å². The summed E-state index contributed by atoms with van der Waals surface area (Å²) in [5.41, 5.74) is 2.58. The van der Waals surface area contributed by atoms with Crippen LogP contribution in [0.5, 0.6) is 0 Å². The monoisotopic (exact) mass is 234 g/mol. The summed E-state index contributed by atoms with van der Waals surface area (Å²) in [7, 11) is 1.73. The van der Waals surface area contributed by atoms with E-state index in [0.717, 1.165) is 6.42 Å². The Kier molecular flexibility index (Phi) is 8.43. The molecule has 0 radical (unpaired) electrons. The van der Waals surface area contributed by atoms with Gasteiger partial charge in [-0.15, -0.1) is 6.58 Å². The summed E-state index contributed by atoms with van der Waals surface area (Å²) in [6, 6.07) is 0. The van der Waals surface area contributed by atoms with Crippen LogP contribution in [0.4, 0.5) is 0 Å². The van der Waals surface area contributed by atoms with Crippen molar-refractivity contribution >= 4 is 0 Å². The Morgan fingerprint density at radius 1 is 1.24 bits per heavy atom. The number of ether oxygens (including phenoxy) is 1. The first-order valence-electron chi connectivity index (χ1n) is 6.15. The molecule has 0 rings (SSSR count). The smallest absolute Gasteiger partial charge is 0.0791 e. The third kappa shape index (κ3) is 8.70. The highest BCUT2D eigenvalue weighted by Gasteiger charge is 2.00. The van der Waals surface area contributed by atoms with Crippen molar-refractivity contribution in [1.82, 2.24) is 0 Å². The van der Waals surface area contributed by atoms with Gasteiger partial charge in [0.1, 0.15) is 0 Å². The summed E-state index contributed by atoms with van der Waals surface area (Å²) >= 11 is 0. The average molecular weight is 234 g/mol. The number of hydrogen-bond donors (Lipinski definition) is 0. The molecule has 0 spiro atoms. The van der Waals surface area contributed by atoms with Gasteiger partial charge in [0.2, 0.25) is 0 Å². The maximum absolute atomic E-state index is 5.34. The van der Waals surface area contributed by atoms with Gasteiger partial charge in [0.05, 0.1) is 6.10 Å². The minimum Gasteiger partial charge on any atom is -0.377 e. The van der Waals surface area contributed by atoms with Crippen LogP contribution in [0, 0.1) is 5.92 Å². The zero-order valence-electron chi connectivity index (χ0n) is 11.9. The largest absolute Gasteiger partial charge is 0.377 e. The Bertz CT molecular complexity index is 303. The molecular formula is C16H26O. The molecule has 17 heavy (non-hydrogen) atoms. The van der Waals surface area contributed by atoms with Crippen LogP contribution >= 0.6 is 0 Å². The van der Waals surface area contributed by atoms with Gasteiger partial charge in [-0.1, -0.05) is 48.5 Å². The van der Waals surface area contributed by atoms with E-state index in [1.807, 2.05) is 6.08 Å². The molecule has 0 aromatic rings. The van der Waals surface area contributed by atoms with Crippen LogP contribution < -0.4 is 0 Å². The molecule has 0 amide bonds. The maximum atomic E-state index is 5.34. The third-order valence-corrected chi connectivity index (χ3v) is 2.41. The van der Waals surface area contributed by atoms with Crippen LogP contribution in [-0.2, 0) is 4.74 Å². The Morgan fingerprint density at radius 3 is 2.35 bits per heavy atom. The molecule has 0 heterocycles. The van der Waals surface area contributed by atoms with Gasteiger partial charge in [-0.05, 0) is 33.1 Å². The first kappa shape index (κ1) is 15.9. The van der Waals surface area contributed by atoms with E-state index < -0.39 is 0 Å². The molecule has 96 valence electrons. The molecule has 0 N–H and O–H groups in total. The minimum atomic E-state index is 0.135. The van der Waals surface area contributed by atoms with Gasteiger partial charge in [-0.3, -0.25) is 0 Å². The molecule has 0 fully saturated rings. The highest BCUT2D eigenvalue weighted by atomic mass is 16.5. The summed E-state index contributed by atoms with van der Waals surface area (Å²) in [5, 5.41) is 0. The quantitative estimate of drug-likeness (QED) is 0.459. The lowest BCUT2D eigenvalue weighted by Gasteiger charge is -2.08. The van der Waals surface area contributed by atoms with E-state index in [-0.39, 0.29) is 6.10 Å². The molecule has 2 atom stereocenters. The number of methoxy groups -OCH3 is 1. The van der Waals surface area contributed by atoms with Gasteiger partial charge in [0, 0.05) is 7.11 Å². The highest BCUT2D eigenvalue weighted by Crippen LogP contribution is 2.09. The summed E-state index contributed by atoms with van der Waals surface area (Å²) in [6.45, 7) is 12.3. The molecule has 0 aliphatic heterocycles. The zero-order chi connectivity index (χ0) is 13.3. The van der Waals surface area contributed by atoms with Crippen molar-refractivity contribution < 1.29 is 4.74 Å². The topological polar surface area (TPSA) is 9.23 Å². The maximum Gasteiger partial charge on any atom is 0.0791 e. The molecule has 1 nitrogen and oxygen atoms in total. The fourth-order valence-electron chi connectivity index (χ4n) is 1.63. The lowest BCUT2D eigenvalue weighted by atomic mass is 10.1. The van der Waals surface area contributed by atoms with Crippen LogP contribution in [0.15, 0.2) is 48.1 Å². The number of rotatable bonds is 7. The molecule has 0 aromatic carbocycles. The normalized spacial score (nSPS) is 15.7. The SMILES string of the molecule is C=CC[C@@H](/C=C(C)/C=C/[C@@H](C)C=C(C)C)OC. The van der Waals surface area contributed by atoms with Crippen molar-refractivity contribution in [3.8, 4) is 0 Å². The van der Waals surface area contributed by atoms with Gasteiger partial charge >= 0.3 is 0 Å². The molecule has 0 saturated carbocycles. The minimum absolute atomic E-state index is 0.135. The summed E-state index contributed by atoms with van der Waals surface area (Å²) in [4.78, 5) is 0. The van der Waals surface area contributed by atoms with E-state index in [0.29, 0.717) is 5.92 Å². The van der Waals surface area contributed by atoms with Crippen molar-refractivity contribution in [2.24, 2.45) is 5.92 Å². The van der Waals surface area contributed by atoms with Crippen LogP contribution in [-0.4, -0.2) is 13.2 Å². The molecule has 0 aliphatic carbocycles. The number of allylic oxidation sites excluding steroid dienone is 5. The predicted octanol–water partition coefficient (Wildman–Crippen LogP) is 4.68. The van der Waals surface area contributed by atoms with Crippen molar-refractivity contribution in [1.29, 1.82) is 0 Å². The van der Waals surface area contributed by atoms with Gasteiger partial charge in [0.25, 0.3) is 0 Å². The average Bonchev–Trinajstić information content (AvgIpc) is 2.25. The Labute approximate surface area is 107 Å². The Hall–Kier alpha value is -1.08. The Morgan fingerprint density at radius 2 is 1.88 bits per heavy atom. The molecule has 0 unspecified atom stereocenters. The highest BCUT2D eigenvalue weighted by molar-refractivity contribution is 5.20. The van der Waals surface area contributed by atoms with Crippen molar-refractivity contribution in [2.75, 3.05) is 7.11 Å². The summed E-state index contributed by atoms with van der Waals surface area (Å²) in [6.07, 6.45) is 11.6. The van der Waals surface area contributed by atoms with Gasteiger partial charge in [-0.2, -0.15) is 0 Å². The third-order valence-electron chi connectivity index (χ3n) is 2.41. The Balaban J connectivity index is 4.45. The van der Waals surface area contributed by atoms with E-state index >= 15 is 0 Å². The van der Waals surface area contributed by atoms with E-state index in [4.69, 9.17) is 4.74 Å². The van der Waals surface area contributed by atoms with Gasteiger partial charge < -0.3 is 4.74 Å². The molecule has 0 bridgehead atoms. The lowest BCUT2D eigenvalue weighted by molar-refractivity contribution is 0.143. The van der Waals surface area contributed by atoms with Gasteiger partial charge in [-0.25, -0.2) is 0 Å². The van der Waals surface area contributed by atoms with E-state index in [1.165, 1.54) is 11.1 Å². The molecular weight excluding hydrogens is 208 g/mol. The second-order valence-electron chi connectivity index (χ2n) is 4.67. The van der Waals surface area contributed by atoms with E-state index in [9.17, 15) is 0 Å². The molecule has 0 aromatic heterocycles. The fraction of sp³-hybridized carbons (Fsp3) is 0.500. The standard InChI is InChI=1S/C16H26O/c1-7-8-16(17-6)12-15(5)10-9-14(4)11-13(2)3/h7,9-12,14,16H,1,8H2,2-6H3/b10-9+,15-12+/t14-,16+/m1/s1. The van der Waals surface area contributed by atoms with Crippen molar-refractivity contribution in [3.63, 3.8) is 0 Å². The number of hydrogen-bond acceptors (Lipinski definition) is 1. The summed E-state index contributed by atoms with van der Waals surface area (Å²) in [5.74, 6) is 0.476. The van der Waals surface area contributed by atoms with Gasteiger partial charge in [0.15, 0.2) is 0 Å². The van der Waals surface area contributed by atoms with Crippen LogP contribution in [0.2, 0.25) is 0 Å². The lowest BCUT2D eigenvalue weighted by Crippen LogP contribution is -2.05. The van der Waals surface area contributed by atoms with Crippen molar-refractivity contribution in [3.05, 3.63) is 48.1 Å². The summed E-state index contributed by atoms with van der Waals surface area (Å²) < 4.78 is 5.34. The zero-order valence-corrected chi connectivity index (χ0v) is 11.9. The first-order chi connectivity index (χ1) is 7.99. The molecule has 1 heteroatoms. The second kappa shape index (κ2) is 9.00. The second-order valence-corrected chi connectivity index (χ2v) is 4.67. The molecule has 0 aliphatic rings.